The zero-order chi connectivity index (χ0) is 22.8. The van der Waals surface area contributed by atoms with Crippen molar-refractivity contribution in [1.29, 1.82) is 0 Å². The van der Waals surface area contributed by atoms with E-state index in [-0.39, 0.29) is 23.9 Å². The highest BCUT2D eigenvalue weighted by molar-refractivity contribution is 5.82. The van der Waals surface area contributed by atoms with Crippen molar-refractivity contribution in [2.45, 2.75) is 76.7 Å². The Morgan fingerprint density at radius 1 is 0.719 bits per heavy atom. The van der Waals surface area contributed by atoms with Gasteiger partial charge in [-0.05, 0) is 62.8 Å². The Labute approximate surface area is 190 Å². The summed E-state index contributed by atoms with van der Waals surface area (Å²) in [7, 11) is 0. The molecule has 0 radical (unpaired) electrons. The van der Waals surface area contributed by atoms with Crippen LogP contribution in [0.4, 0.5) is 0 Å². The Hall–Kier alpha value is -3.02. The normalized spacial score (nSPS) is 19.9. The van der Waals surface area contributed by atoms with E-state index in [2.05, 4.69) is 10.6 Å². The first-order valence-corrected chi connectivity index (χ1v) is 11.6. The molecular weight excluding hydrogens is 404 g/mol. The lowest BCUT2D eigenvalue weighted by Gasteiger charge is -2.31. The molecule has 2 aromatic rings. The molecule has 1 aliphatic carbocycles. The minimum atomic E-state index is -0.504. The number of ether oxygens (including phenoxy) is 2. The first-order valence-electron chi connectivity index (χ1n) is 11.6. The minimum Gasteiger partial charge on any atom is -0.481 e. The quantitative estimate of drug-likeness (QED) is 0.582. The van der Waals surface area contributed by atoms with Crippen LogP contribution in [0.25, 0.3) is 0 Å². The third-order valence-corrected chi connectivity index (χ3v) is 5.79. The van der Waals surface area contributed by atoms with Gasteiger partial charge in [-0.3, -0.25) is 9.59 Å². The summed E-state index contributed by atoms with van der Waals surface area (Å²) in [5, 5.41) is 6.26. The summed E-state index contributed by atoms with van der Waals surface area (Å²) in [6.07, 6.45) is 3.51. The summed E-state index contributed by atoms with van der Waals surface area (Å²) in [4.78, 5) is 25.4. The van der Waals surface area contributed by atoms with Crippen LogP contribution in [0, 0.1) is 0 Å². The van der Waals surface area contributed by atoms with Crippen LogP contribution in [0.2, 0.25) is 0 Å². The van der Waals surface area contributed by atoms with Crippen LogP contribution in [0.15, 0.2) is 60.7 Å². The SMILES string of the molecule is CCC(Oc1ccccc1)C(=O)NC1CCC(NC(=O)C(CC)Oc2ccccc2)CC1. The van der Waals surface area contributed by atoms with Gasteiger partial charge in [0.15, 0.2) is 12.2 Å². The summed E-state index contributed by atoms with van der Waals surface area (Å²) in [5.41, 5.74) is 0. The molecule has 6 heteroatoms. The molecule has 2 unspecified atom stereocenters. The van der Waals surface area contributed by atoms with E-state index in [4.69, 9.17) is 9.47 Å². The maximum Gasteiger partial charge on any atom is 0.261 e. The highest BCUT2D eigenvalue weighted by Crippen LogP contribution is 2.21. The van der Waals surface area contributed by atoms with Crippen LogP contribution in [-0.4, -0.2) is 36.1 Å². The van der Waals surface area contributed by atoms with Gasteiger partial charge in [0.05, 0.1) is 0 Å². The molecule has 1 fully saturated rings. The van der Waals surface area contributed by atoms with Gasteiger partial charge in [0, 0.05) is 12.1 Å². The molecule has 2 amide bonds. The standard InChI is InChI=1S/C26H34N2O4/c1-3-23(31-21-11-7-5-8-12-21)25(29)27-19-15-17-20(18-16-19)28-26(30)24(4-2)32-22-13-9-6-10-14-22/h5-14,19-20,23-24H,3-4,15-18H2,1-2H3,(H,27,29)(H,28,30). The number of nitrogens with one attached hydrogen (secondary N) is 2. The third kappa shape index (κ3) is 7.01. The van der Waals surface area contributed by atoms with Crippen LogP contribution in [0.5, 0.6) is 11.5 Å². The van der Waals surface area contributed by atoms with Crippen molar-refractivity contribution < 1.29 is 19.1 Å². The average molecular weight is 439 g/mol. The van der Waals surface area contributed by atoms with E-state index in [1.54, 1.807) is 0 Å². The van der Waals surface area contributed by atoms with Crippen LogP contribution in [0.3, 0.4) is 0 Å². The second kappa shape index (κ2) is 12.1. The van der Waals surface area contributed by atoms with Crippen LogP contribution >= 0.6 is 0 Å². The molecule has 0 spiro atoms. The number of carbonyl (C=O) groups excluding carboxylic acids is 2. The predicted octanol–water partition coefficient (Wildman–Crippen LogP) is 4.25. The molecule has 2 aromatic carbocycles. The lowest BCUT2D eigenvalue weighted by atomic mass is 9.90. The molecule has 6 nitrogen and oxygen atoms in total. The summed E-state index contributed by atoms with van der Waals surface area (Å²) >= 11 is 0. The monoisotopic (exact) mass is 438 g/mol. The highest BCUT2D eigenvalue weighted by Gasteiger charge is 2.28. The van der Waals surface area contributed by atoms with Gasteiger partial charge < -0.3 is 20.1 Å². The summed E-state index contributed by atoms with van der Waals surface area (Å²) in [6.45, 7) is 3.89. The van der Waals surface area contributed by atoms with Crippen LogP contribution < -0.4 is 20.1 Å². The van der Waals surface area contributed by atoms with E-state index < -0.39 is 12.2 Å². The van der Waals surface area contributed by atoms with E-state index >= 15 is 0 Å². The maximum absolute atomic E-state index is 12.7. The van der Waals surface area contributed by atoms with Crippen molar-refractivity contribution in [3.05, 3.63) is 60.7 Å². The van der Waals surface area contributed by atoms with Crippen LogP contribution in [-0.2, 0) is 9.59 Å². The summed E-state index contributed by atoms with van der Waals surface area (Å²) < 4.78 is 11.7. The van der Waals surface area contributed by atoms with Gasteiger partial charge in [-0.15, -0.1) is 0 Å². The number of benzene rings is 2. The lowest BCUT2D eigenvalue weighted by molar-refractivity contribution is -0.130. The first kappa shape index (κ1) is 23.6. The fourth-order valence-electron chi connectivity index (χ4n) is 3.94. The molecule has 0 saturated heterocycles. The minimum absolute atomic E-state index is 0.0776. The van der Waals surface area contributed by atoms with Crippen molar-refractivity contribution in [3.63, 3.8) is 0 Å². The lowest BCUT2D eigenvalue weighted by Crippen LogP contribution is -2.49. The van der Waals surface area contributed by atoms with Crippen LogP contribution in [0.1, 0.15) is 52.4 Å². The Bertz CT molecular complexity index is 764. The predicted molar refractivity (Wildman–Crippen MR) is 125 cm³/mol. The molecule has 0 bridgehead atoms. The molecule has 2 atom stereocenters. The molecule has 172 valence electrons. The van der Waals surface area contributed by atoms with E-state index in [0.717, 1.165) is 25.7 Å². The zero-order valence-corrected chi connectivity index (χ0v) is 19.0. The first-order chi connectivity index (χ1) is 15.6. The van der Waals surface area contributed by atoms with Gasteiger partial charge in [0.2, 0.25) is 0 Å². The largest absolute Gasteiger partial charge is 0.481 e. The highest BCUT2D eigenvalue weighted by atomic mass is 16.5. The van der Waals surface area contributed by atoms with Crippen molar-refractivity contribution in [2.75, 3.05) is 0 Å². The van der Waals surface area contributed by atoms with E-state index in [1.165, 1.54) is 0 Å². The van der Waals surface area contributed by atoms with Crippen molar-refractivity contribution in [3.8, 4) is 11.5 Å². The van der Waals surface area contributed by atoms with Crippen molar-refractivity contribution >= 4 is 11.8 Å². The molecule has 2 N–H and O–H groups in total. The molecular formula is C26H34N2O4. The number of carbonyl (C=O) groups is 2. The molecule has 32 heavy (non-hydrogen) atoms. The van der Waals surface area contributed by atoms with Crippen molar-refractivity contribution in [1.82, 2.24) is 10.6 Å². The number of para-hydroxylation sites is 2. The molecule has 3 rings (SSSR count). The van der Waals surface area contributed by atoms with Gasteiger partial charge >= 0.3 is 0 Å². The number of rotatable bonds is 10. The Balaban J connectivity index is 1.43. The van der Waals surface area contributed by atoms with Gasteiger partial charge in [0.1, 0.15) is 11.5 Å². The van der Waals surface area contributed by atoms with Gasteiger partial charge in [-0.2, -0.15) is 0 Å². The van der Waals surface area contributed by atoms with Gasteiger partial charge in [-0.1, -0.05) is 50.2 Å². The molecule has 0 aromatic heterocycles. The smallest absolute Gasteiger partial charge is 0.261 e. The summed E-state index contributed by atoms with van der Waals surface area (Å²) in [6, 6.07) is 19.0. The number of amides is 2. The molecule has 1 aliphatic rings. The Kier molecular flexibility index (Phi) is 8.96. The molecule has 1 saturated carbocycles. The van der Waals surface area contributed by atoms with E-state index in [9.17, 15) is 9.59 Å². The summed E-state index contributed by atoms with van der Waals surface area (Å²) in [5.74, 6) is 1.24. The van der Waals surface area contributed by atoms with E-state index in [0.29, 0.717) is 24.3 Å². The molecule has 0 heterocycles. The Morgan fingerprint density at radius 2 is 1.06 bits per heavy atom. The maximum atomic E-state index is 12.7. The second-order valence-electron chi connectivity index (χ2n) is 8.22. The topological polar surface area (TPSA) is 76.7 Å². The fraction of sp³-hybridized carbons (Fsp3) is 0.462. The van der Waals surface area contributed by atoms with Gasteiger partial charge in [-0.25, -0.2) is 0 Å². The third-order valence-electron chi connectivity index (χ3n) is 5.79. The average Bonchev–Trinajstić information content (AvgIpc) is 2.83. The number of hydrogen-bond donors (Lipinski definition) is 2. The molecule has 0 aliphatic heterocycles. The van der Waals surface area contributed by atoms with Crippen molar-refractivity contribution in [2.24, 2.45) is 0 Å². The second-order valence-corrected chi connectivity index (χ2v) is 8.22. The van der Waals surface area contributed by atoms with Gasteiger partial charge in [0.25, 0.3) is 11.8 Å². The van der Waals surface area contributed by atoms with E-state index in [1.807, 2.05) is 74.5 Å². The Morgan fingerprint density at radius 3 is 1.38 bits per heavy atom. The zero-order valence-electron chi connectivity index (χ0n) is 19.0. The fourth-order valence-corrected chi connectivity index (χ4v) is 3.94. The number of hydrogen-bond acceptors (Lipinski definition) is 4.